The largest absolute Gasteiger partial charge is 0.501 e. The minimum absolute atomic E-state index is 0.0151. The van der Waals surface area contributed by atoms with Crippen molar-refractivity contribution in [2.24, 2.45) is 0 Å². The van der Waals surface area contributed by atoms with Crippen LogP contribution in [0.15, 0.2) is 73.3 Å². The number of para-hydroxylation sites is 4. The Hall–Kier alpha value is -2.95. The fourth-order valence-electron chi connectivity index (χ4n) is 3.51. The van der Waals surface area contributed by atoms with Crippen LogP contribution < -0.4 is 0 Å². The molecule has 1 aliphatic rings. The maximum Gasteiger partial charge on any atom is 0.375 e. The van der Waals surface area contributed by atoms with E-state index in [0.29, 0.717) is 22.2 Å². The Morgan fingerprint density at radius 3 is 2.26 bits per heavy atom. The molecule has 0 aliphatic carbocycles. The number of nitrogens with zero attached hydrogens (tertiary/aromatic N) is 2. The number of aliphatic hydroxyl groups is 2. The number of carbonyl (C=O) groups is 1. The summed E-state index contributed by atoms with van der Waals surface area (Å²) in [6, 6.07) is 14.2. The quantitative estimate of drug-likeness (QED) is 0.300. The van der Waals surface area contributed by atoms with Crippen LogP contribution in [0.5, 0.6) is 0 Å². The second kappa shape index (κ2) is 7.33. The minimum atomic E-state index is -1.77. The number of thioether (sulfide) groups is 1. The molecule has 2 N–H and O–H groups in total. The second-order valence-electron chi connectivity index (χ2n) is 7.01. The second-order valence-corrected chi connectivity index (χ2v) is 8.49. The van der Waals surface area contributed by atoms with Crippen LogP contribution in [0.4, 0.5) is 0 Å². The number of esters is 1. The van der Waals surface area contributed by atoms with Gasteiger partial charge in [-0.25, -0.2) is 14.8 Å². The van der Waals surface area contributed by atoms with E-state index in [2.05, 4.69) is 22.6 Å². The highest BCUT2D eigenvalue weighted by Gasteiger charge is 2.58. The molecule has 8 nitrogen and oxygen atoms in total. The van der Waals surface area contributed by atoms with E-state index in [-0.39, 0.29) is 16.0 Å². The first-order chi connectivity index (χ1) is 14.9. The van der Waals surface area contributed by atoms with E-state index >= 15 is 0 Å². The molecule has 0 amide bonds. The molecule has 0 saturated heterocycles. The van der Waals surface area contributed by atoms with Crippen molar-refractivity contribution in [2.75, 3.05) is 0 Å². The lowest BCUT2D eigenvalue weighted by Crippen LogP contribution is -2.46. The number of oxazole rings is 2. The van der Waals surface area contributed by atoms with Crippen LogP contribution >= 0.6 is 24.4 Å². The van der Waals surface area contributed by atoms with Crippen LogP contribution in [0.1, 0.15) is 18.1 Å². The number of benzene rings is 2. The first-order valence-corrected chi connectivity index (χ1v) is 10.7. The van der Waals surface area contributed by atoms with Crippen LogP contribution in [0, 0.1) is 0 Å². The van der Waals surface area contributed by atoms with Gasteiger partial charge in [0.1, 0.15) is 16.3 Å². The van der Waals surface area contributed by atoms with E-state index in [0.717, 1.165) is 11.8 Å². The Bertz CT molecular complexity index is 1280. The van der Waals surface area contributed by atoms with Crippen LogP contribution in [-0.4, -0.2) is 37.9 Å². The highest BCUT2D eigenvalue weighted by molar-refractivity contribution is 8.03. The number of cyclic esters (lactones) is 1. The summed E-state index contributed by atoms with van der Waals surface area (Å²) in [6.07, 6.45) is -1.27. The van der Waals surface area contributed by atoms with Gasteiger partial charge >= 0.3 is 5.97 Å². The van der Waals surface area contributed by atoms with Gasteiger partial charge in [0.15, 0.2) is 16.8 Å². The summed E-state index contributed by atoms with van der Waals surface area (Å²) in [4.78, 5) is 21.2. The zero-order valence-electron chi connectivity index (χ0n) is 16.1. The zero-order valence-corrected chi connectivity index (χ0v) is 17.8. The molecule has 3 heterocycles. The third kappa shape index (κ3) is 3.10. The molecule has 0 radical (unpaired) electrons. The van der Waals surface area contributed by atoms with Gasteiger partial charge < -0.3 is 23.8 Å². The number of carbonyl (C=O) groups excluding carboxylic acids is 1. The number of aromatic nitrogens is 2. The standard InChI is InChI=1S/C21H16N2O6S2/c1-10(24)21(16(30)18-22-11-6-2-4-8-13(11)27-18)17(15(25)19(26)29-21)31-20-23-12-7-3-5-9-14(12)28-20/h2-10,16,24-25,30H,1H3. The Morgan fingerprint density at radius 1 is 1.03 bits per heavy atom. The zero-order chi connectivity index (χ0) is 21.8. The molecule has 0 saturated carbocycles. The third-order valence-corrected chi connectivity index (χ3v) is 6.73. The number of hydrogen-bond acceptors (Lipinski definition) is 10. The number of fused-ring (bicyclic) bond motifs is 2. The SMILES string of the molecule is CC(O)C1(C(S)c2nc3ccccc3o2)OC(=O)C(O)=C1Sc1nc2ccccc2o1. The predicted octanol–water partition coefficient (Wildman–Crippen LogP) is 4.18. The molecule has 10 heteroatoms. The van der Waals surface area contributed by atoms with E-state index < -0.39 is 28.7 Å². The summed E-state index contributed by atoms with van der Waals surface area (Å²) in [5.41, 5.74) is 0.487. The molecule has 0 fully saturated rings. The molecule has 3 atom stereocenters. The number of aliphatic hydroxyl groups excluding tert-OH is 2. The topological polar surface area (TPSA) is 119 Å². The lowest BCUT2D eigenvalue weighted by Gasteiger charge is -2.35. The van der Waals surface area contributed by atoms with Gasteiger partial charge in [0.25, 0.3) is 5.22 Å². The van der Waals surface area contributed by atoms with Gasteiger partial charge in [0.05, 0.1) is 11.0 Å². The molecule has 5 rings (SSSR count). The average Bonchev–Trinajstić information content (AvgIpc) is 3.43. The third-order valence-electron chi connectivity index (χ3n) is 5.06. The van der Waals surface area contributed by atoms with Crippen molar-refractivity contribution in [1.29, 1.82) is 0 Å². The van der Waals surface area contributed by atoms with Gasteiger partial charge in [-0.2, -0.15) is 12.6 Å². The summed E-state index contributed by atoms with van der Waals surface area (Å²) in [6.45, 7) is 1.43. The van der Waals surface area contributed by atoms with Crippen LogP contribution in [0.2, 0.25) is 0 Å². The Morgan fingerprint density at radius 2 is 1.65 bits per heavy atom. The van der Waals surface area contributed by atoms with Crippen LogP contribution in [0.3, 0.4) is 0 Å². The van der Waals surface area contributed by atoms with Crippen molar-refractivity contribution < 1.29 is 28.6 Å². The minimum Gasteiger partial charge on any atom is -0.501 e. The van der Waals surface area contributed by atoms with Gasteiger partial charge in [-0.05, 0) is 43.0 Å². The molecule has 0 bridgehead atoms. The normalized spacial score (nSPS) is 21.1. The van der Waals surface area contributed by atoms with Crippen molar-refractivity contribution >= 4 is 52.6 Å². The fraction of sp³-hybridized carbons (Fsp3) is 0.190. The van der Waals surface area contributed by atoms with Crippen molar-refractivity contribution in [3.8, 4) is 0 Å². The summed E-state index contributed by atoms with van der Waals surface area (Å²) in [5, 5.41) is 20.4. The van der Waals surface area contributed by atoms with Crippen LogP contribution in [-0.2, 0) is 9.53 Å². The Labute approximate surface area is 185 Å². The maximum absolute atomic E-state index is 12.4. The summed E-state index contributed by atoms with van der Waals surface area (Å²) in [7, 11) is 0. The molecule has 0 spiro atoms. The van der Waals surface area contributed by atoms with Gasteiger partial charge in [0.2, 0.25) is 11.6 Å². The number of hydrogen-bond donors (Lipinski definition) is 3. The Balaban J connectivity index is 1.60. The molecule has 31 heavy (non-hydrogen) atoms. The summed E-state index contributed by atoms with van der Waals surface area (Å²) < 4.78 is 17.0. The molecule has 3 unspecified atom stereocenters. The van der Waals surface area contributed by atoms with Gasteiger partial charge in [-0.15, -0.1) is 0 Å². The van der Waals surface area contributed by atoms with Gasteiger partial charge in [-0.1, -0.05) is 24.3 Å². The highest BCUT2D eigenvalue weighted by Crippen LogP contribution is 2.53. The summed E-state index contributed by atoms with van der Waals surface area (Å²) in [5.74, 6) is -1.51. The molecule has 1 aliphatic heterocycles. The molecule has 158 valence electrons. The van der Waals surface area contributed by atoms with E-state index in [4.69, 9.17) is 13.6 Å². The molecular weight excluding hydrogens is 440 g/mol. The highest BCUT2D eigenvalue weighted by atomic mass is 32.2. The molecule has 2 aromatic heterocycles. The Kier molecular flexibility index (Phi) is 4.72. The van der Waals surface area contributed by atoms with Crippen molar-refractivity contribution in [1.82, 2.24) is 9.97 Å². The lowest BCUT2D eigenvalue weighted by molar-refractivity contribution is -0.157. The average molecular weight is 457 g/mol. The summed E-state index contributed by atoms with van der Waals surface area (Å²) >= 11 is 5.49. The number of thiol groups is 1. The first-order valence-electron chi connectivity index (χ1n) is 9.32. The van der Waals surface area contributed by atoms with Gasteiger partial charge in [-0.3, -0.25) is 0 Å². The predicted molar refractivity (Wildman–Crippen MR) is 116 cm³/mol. The van der Waals surface area contributed by atoms with E-state index in [1.807, 2.05) is 12.1 Å². The maximum atomic E-state index is 12.4. The van der Waals surface area contributed by atoms with E-state index in [1.165, 1.54) is 6.92 Å². The van der Waals surface area contributed by atoms with Crippen LogP contribution in [0.25, 0.3) is 22.2 Å². The van der Waals surface area contributed by atoms with E-state index in [9.17, 15) is 15.0 Å². The van der Waals surface area contributed by atoms with Crippen molar-refractivity contribution in [3.63, 3.8) is 0 Å². The number of rotatable bonds is 5. The molecule has 4 aromatic rings. The monoisotopic (exact) mass is 456 g/mol. The first kappa shape index (κ1) is 20.0. The smallest absolute Gasteiger partial charge is 0.375 e. The van der Waals surface area contributed by atoms with Gasteiger partial charge in [0, 0.05) is 0 Å². The molecule has 2 aromatic carbocycles. The number of ether oxygens (including phenoxy) is 1. The fourth-order valence-corrected chi connectivity index (χ4v) is 5.22. The van der Waals surface area contributed by atoms with Crippen molar-refractivity contribution in [2.45, 2.75) is 29.1 Å². The van der Waals surface area contributed by atoms with Crippen molar-refractivity contribution in [3.05, 3.63) is 65.1 Å². The van der Waals surface area contributed by atoms with E-state index in [1.54, 1.807) is 36.4 Å². The molecular formula is C21H16N2O6S2. The lowest BCUT2D eigenvalue weighted by atomic mass is 9.92.